The average Bonchev–Trinajstić information content (AvgIpc) is 2.17. The minimum absolute atomic E-state index is 0.000579. The van der Waals surface area contributed by atoms with Crippen LogP contribution in [0.15, 0.2) is 30.3 Å². The number of anilines is 1. The van der Waals surface area contributed by atoms with Crippen molar-refractivity contribution in [3.63, 3.8) is 0 Å². The Hall–Kier alpha value is -1.56. The molecule has 0 saturated heterocycles. The summed E-state index contributed by atoms with van der Waals surface area (Å²) >= 11 is -5.65. The maximum atomic E-state index is 11.1. The predicted octanol–water partition coefficient (Wildman–Crippen LogP) is -1.05. The molecule has 0 fully saturated rings. The first-order valence-electron chi connectivity index (χ1n) is 4.02. The Bertz CT molecular complexity index is 453. The molecule has 8 heteroatoms. The van der Waals surface area contributed by atoms with Crippen LogP contribution in [0, 0.1) is 0 Å². The summed E-state index contributed by atoms with van der Waals surface area (Å²) in [4.78, 5) is 21.6. The van der Waals surface area contributed by atoms with Crippen LogP contribution in [0.5, 0.6) is 0 Å². The molecule has 1 aromatic rings. The molecule has 0 aromatic heterocycles. The van der Waals surface area contributed by atoms with Crippen LogP contribution in [0.2, 0.25) is 0 Å². The molecule has 1 rings (SSSR count). The monoisotopic (exact) mass is 289 g/mol. The van der Waals surface area contributed by atoms with E-state index in [4.69, 9.17) is 13.3 Å². The van der Waals surface area contributed by atoms with Crippen molar-refractivity contribution >= 4 is 32.0 Å². The summed E-state index contributed by atoms with van der Waals surface area (Å²) in [6, 6.07) is 6.91. The third kappa shape index (κ3) is 2.72. The minimum atomic E-state index is -5.65. The number of benzene rings is 1. The molecule has 16 heavy (non-hydrogen) atoms. The van der Waals surface area contributed by atoms with Crippen LogP contribution in [0.1, 0.15) is 0 Å². The number of carbonyl (C=O) groups is 2. The van der Waals surface area contributed by atoms with Gasteiger partial charge in [-0.15, -0.1) is 0 Å². The van der Waals surface area contributed by atoms with Crippen LogP contribution < -0.4 is 3.82 Å². The topological polar surface area (TPSA) is 115 Å². The Balaban J connectivity index is 3.23. The molecular formula is C8H8AsNO6. The Morgan fingerprint density at radius 3 is 2.00 bits per heavy atom. The molecule has 0 aliphatic carbocycles. The Labute approximate surface area is 93.2 Å². The van der Waals surface area contributed by atoms with Crippen molar-refractivity contribution in [3.05, 3.63) is 30.3 Å². The molecule has 0 heterocycles. The van der Waals surface area contributed by atoms with E-state index in [1.807, 2.05) is 0 Å². The molecule has 0 saturated carbocycles. The van der Waals surface area contributed by atoms with Crippen molar-refractivity contribution in [2.75, 3.05) is 3.82 Å². The van der Waals surface area contributed by atoms with E-state index in [2.05, 4.69) is 0 Å². The fourth-order valence-electron chi connectivity index (χ4n) is 1.05. The molecule has 86 valence electrons. The van der Waals surface area contributed by atoms with E-state index < -0.39 is 26.3 Å². The van der Waals surface area contributed by atoms with E-state index in [1.54, 1.807) is 6.07 Å². The van der Waals surface area contributed by atoms with Crippen LogP contribution in [0.3, 0.4) is 0 Å². The molecule has 1 aromatic carbocycles. The summed E-state index contributed by atoms with van der Waals surface area (Å²) in [5.74, 6) is -3.58. The standard InChI is InChI=1S/C8H8AsNO6/c11-7(8(12)13)10(9(14,15)16)6-4-2-1-3-5-6/h1-5H,(H,12,13)(H2,14,15,16). The van der Waals surface area contributed by atoms with Crippen LogP contribution in [0.4, 0.5) is 5.69 Å². The van der Waals surface area contributed by atoms with Gasteiger partial charge in [-0.2, -0.15) is 0 Å². The van der Waals surface area contributed by atoms with Crippen LogP contribution >= 0.6 is 0 Å². The van der Waals surface area contributed by atoms with Crippen molar-refractivity contribution in [1.82, 2.24) is 0 Å². The third-order valence-electron chi connectivity index (χ3n) is 1.64. The molecule has 0 aliphatic heterocycles. The van der Waals surface area contributed by atoms with Gasteiger partial charge in [-0.25, -0.2) is 0 Å². The Morgan fingerprint density at radius 1 is 1.12 bits per heavy atom. The quantitative estimate of drug-likeness (QED) is 0.473. The second kappa shape index (κ2) is 4.52. The summed E-state index contributed by atoms with van der Waals surface area (Å²) in [5, 5.41) is 8.45. The number of carboxylic acid groups (broad SMARTS) is 1. The van der Waals surface area contributed by atoms with Crippen LogP contribution in [-0.2, 0) is 13.3 Å². The number of hydrogen-bond acceptors (Lipinski definition) is 3. The summed E-state index contributed by atoms with van der Waals surface area (Å²) in [6.45, 7) is 0. The number of hydrogen-bond donors (Lipinski definition) is 3. The summed E-state index contributed by atoms with van der Waals surface area (Å²) < 4.78 is 29.0. The number of rotatable bonds is 2. The molecule has 7 nitrogen and oxygen atoms in total. The summed E-state index contributed by atoms with van der Waals surface area (Å²) in [7, 11) is 0. The average molecular weight is 289 g/mol. The first kappa shape index (κ1) is 12.5. The van der Waals surface area contributed by atoms with Gasteiger partial charge < -0.3 is 0 Å². The van der Waals surface area contributed by atoms with Gasteiger partial charge in [-0.1, -0.05) is 0 Å². The molecule has 0 aliphatic rings. The number of aliphatic carboxylic acids is 1. The Morgan fingerprint density at radius 2 is 1.62 bits per heavy atom. The third-order valence-corrected chi connectivity index (χ3v) is 3.60. The van der Waals surface area contributed by atoms with E-state index in [0.29, 0.717) is 0 Å². The number of para-hydroxylation sites is 1. The normalized spacial score (nSPS) is 10.9. The second-order valence-corrected chi connectivity index (χ2v) is 5.76. The van der Waals surface area contributed by atoms with Gasteiger partial charge in [0.2, 0.25) is 0 Å². The van der Waals surface area contributed by atoms with Crippen molar-refractivity contribution in [2.24, 2.45) is 0 Å². The van der Waals surface area contributed by atoms with Gasteiger partial charge in [0.1, 0.15) is 0 Å². The van der Waals surface area contributed by atoms with Gasteiger partial charge in [-0.05, 0) is 0 Å². The van der Waals surface area contributed by atoms with Crippen molar-refractivity contribution < 1.29 is 26.6 Å². The molecular weight excluding hydrogens is 281 g/mol. The molecule has 0 atom stereocenters. The number of carboxylic acids is 1. The SMILES string of the molecule is O=C(O)C(=O)N(c1ccccc1)[As](=O)(O)O. The zero-order valence-corrected chi connectivity index (χ0v) is 9.72. The van der Waals surface area contributed by atoms with Gasteiger partial charge >= 0.3 is 92.7 Å². The van der Waals surface area contributed by atoms with E-state index in [0.717, 1.165) is 0 Å². The van der Waals surface area contributed by atoms with E-state index >= 15 is 0 Å². The fraction of sp³-hybridized carbons (Fsp3) is 0. The van der Waals surface area contributed by atoms with Gasteiger partial charge in [0.05, 0.1) is 0 Å². The molecule has 1 amide bonds. The van der Waals surface area contributed by atoms with Gasteiger partial charge in [-0.3, -0.25) is 0 Å². The zero-order chi connectivity index (χ0) is 12.3. The zero-order valence-electron chi connectivity index (χ0n) is 7.85. The van der Waals surface area contributed by atoms with Crippen LogP contribution in [-0.4, -0.2) is 39.6 Å². The first-order valence-corrected chi connectivity index (χ1v) is 7.31. The molecule has 0 bridgehead atoms. The molecule has 0 unspecified atom stereocenters. The maximum absolute atomic E-state index is 11.1. The van der Waals surface area contributed by atoms with Gasteiger partial charge in [0.15, 0.2) is 0 Å². The summed E-state index contributed by atoms with van der Waals surface area (Å²) in [6.07, 6.45) is 0. The molecule has 0 radical (unpaired) electrons. The number of amides is 1. The van der Waals surface area contributed by atoms with E-state index in [1.165, 1.54) is 24.3 Å². The first-order chi connectivity index (χ1) is 7.34. The van der Waals surface area contributed by atoms with Crippen molar-refractivity contribution in [1.29, 1.82) is 0 Å². The van der Waals surface area contributed by atoms with Gasteiger partial charge in [0.25, 0.3) is 0 Å². The molecule has 3 N–H and O–H groups in total. The fourth-order valence-corrected chi connectivity index (χ4v) is 2.63. The molecule has 0 spiro atoms. The second-order valence-electron chi connectivity index (χ2n) is 2.77. The predicted molar refractivity (Wildman–Crippen MR) is 52.4 cm³/mol. The number of carbonyl (C=O) groups excluding carboxylic acids is 1. The van der Waals surface area contributed by atoms with Crippen molar-refractivity contribution in [2.45, 2.75) is 0 Å². The van der Waals surface area contributed by atoms with E-state index in [9.17, 15) is 13.3 Å². The summed E-state index contributed by atoms with van der Waals surface area (Å²) in [5.41, 5.74) is -0.151. The number of nitrogens with zero attached hydrogens (tertiary/aromatic N) is 1. The van der Waals surface area contributed by atoms with Crippen LogP contribution in [0.25, 0.3) is 0 Å². The van der Waals surface area contributed by atoms with Gasteiger partial charge in [0, 0.05) is 0 Å². The van der Waals surface area contributed by atoms with Crippen molar-refractivity contribution in [3.8, 4) is 0 Å². The van der Waals surface area contributed by atoms with E-state index in [-0.39, 0.29) is 9.50 Å². The Kier molecular flexibility index (Phi) is 3.54.